The number of anilines is 2. The molecule has 3 amide bonds. The minimum Gasteiger partial charge on any atom is -0.497 e. The van der Waals surface area contributed by atoms with Crippen molar-refractivity contribution in [3.8, 4) is 5.75 Å². The fourth-order valence-corrected chi connectivity index (χ4v) is 3.85. The highest BCUT2D eigenvalue weighted by Crippen LogP contribution is 2.28. The molecule has 0 saturated heterocycles. The summed E-state index contributed by atoms with van der Waals surface area (Å²) >= 11 is 1.16. The minimum atomic E-state index is -0.623. The number of para-hydroxylation sites is 1. The Morgan fingerprint density at radius 3 is 2.66 bits per heavy atom. The molecular weight excluding hydrogens is 390 g/mol. The molecule has 2 aromatic rings. The summed E-state index contributed by atoms with van der Waals surface area (Å²) in [7, 11) is 1.54. The van der Waals surface area contributed by atoms with Gasteiger partial charge in [-0.1, -0.05) is 36.0 Å². The van der Waals surface area contributed by atoms with Crippen molar-refractivity contribution in [3.63, 3.8) is 0 Å². The number of aliphatic imine (C=N–C) groups is 1. The van der Waals surface area contributed by atoms with Gasteiger partial charge in [0.15, 0.2) is 0 Å². The first kappa shape index (κ1) is 20.6. The Morgan fingerprint density at radius 2 is 1.90 bits per heavy atom. The van der Waals surface area contributed by atoms with Gasteiger partial charge in [0, 0.05) is 23.9 Å². The maximum Gasteiger partial charge on any atom is 0.260 e. The number of amides is 3. The highest BCUT2D eigenvalue weighted by atomic mass is 32.2. The van der Waals surface area contributed by atoms with Crippen LogP contribution in [0.25, 0.3) is 0 Å². The van der Waals surface area contributed by atoms with E-state index in [-0.39, 0.29) is 24.7 Å². The monoisotopic (exact) mass is 411 g/mol. The summed E-state index contributed by atoms with van der Waals surface area (Å²) in [5.74, 6) is -0.321. The lowest BCUT2D eigenvalue weighted by Gasteiger charge is -2.10. The minimum absolute atomic E-state index is 0.00125. The number of carbonyl (C=O) groups excluding carboxylic acids is 3. The summed E-state index contributed by atoms with van der Waals surface area (Å²) < 4.78 is 5.12. The van der Waals surface area contributed by atoms with Crippen LogP contribution < -0.4 is 15.4 Å². The number of benzene rings is 2. The predicted octanol–water partition coefficient (Wildman–Crippen LogP) is 3.40. The highest BCUT2D eigenvalue weighted by Gasteiger charge is 2.31. The maximum absolute atomic E-state index is 12.3. The fraction of sp³-hybridized carbons (Fsp3) is 0.238. The molecule has 1 atom stereocenters. The number of rotatable bonds is 7. The number of hydrogen-bond donors (Lipinski definition) is 2. The molecule has 0 unspecified atom stereocenters. The van der Waals surface area contributed by atoms with Crippen LogP contribution >= 0.6 is 11.8 Å². The Hall–Kier alpha value is -3.13. The van der Waals surface area contributed by atoms with Crippen LogP contribution in [-0.4, -0.2) is 35.1 Å². The average molecular weight is 411 g/mol. The molecule has 1 heterocycles. The SMILES string of the molecule is COc1cccc(NC(=O)C[C@H]2SC(CC(=O)Nc3ccccc3C)=NC2=O)c1. The number of nitrogens with zero attached hydrogens (tertiary/aromatic N) is 1. The Labute approximate surface area is 172 Å². The topological polar surface area (TPSA) is 96.9 Å². The van der Waals surface area contributed by atoms with Gasteiger partial charge in [0.1, 0.15) is 11.0 Å². The molecule has 0 bridgehead atoms. The number of methoxy groups -OCH3 is 1. The van der Waals surface area contributed by atoms with Gasteiger partial charge in [-0.05, 0) is 30.7 Å². The first-order chi connectivity index (χ1) is 13.9. The molecule has 0 spiro atoms. The van der Waals surface area contributed by atoms with Crippen molar-refractivity contribution >= 4 is 45.9 Å². The molecular formula is C21H21N3O4S. The zero-order chi connectivity index (χ0) is 20.8. The second kappa shape index (κ2) is 9.38. The van der Waals surface area contributed by atoms with Gasteiger partial charge in [-0.2, -0.15) is 0 Å². The molecule has 2 N–H and O–H groups in total. The summed E-state index contributed by atoms with van der Waals surface area (Å²) in [6.45, 7) is 1.90. The molecule has 150 valence electrons. The average Bonchev–Trinajstić information content (AvgIpc) is 3.02. The molecule has 0 radical (unpaired) electrons. The van der Waals surface area contributed by atoms with Crippen molar-refractivity contribution in [3.05, 3.63) is 54.1 Å². The van der Waals surface area contributed by atoms with E-state index in [9.17, 15) is 14.4 Å². The van der Waals surface area contributed by atoms with E-state index in [1.807, 2.05) is 31.2 Å². The summed E-state index contributed by atoms with van der Waals surface area (Å²) in [6.07, 6.45) is -0.0220. The second-order valence-electron chi connectivity index (χ2n) is 6.47. The van der Waals surface area contributed by atoms with Crippen molar-refractivity contribution in [2.24, 2.45) is 4.99 Å². The zero-order valence-corrected chi connectivity index (χ0v) is 16.9. The molecule has 29 heavy (non-hydrogen) atoms. The maximum atomic E-state index is 12.3. The van der Waals surface area contributed by atoms with Crippen molar-refractivity contribution in [1.82, 2.24) is 0 Å². The molecule has 0 saturated carbocycles. The molecule has 3 rings (SSSR count). The van der Waals surface area contributed by atoms with Gasteiger partial charge in [-0.3, -0.25) is 14.4 Å². The summed E-state index contributed by atoms with van der Waals surface area (Å²) in [5.41, 5.74) is 2.26. The molecule has 1 aliphatic rings. The van der Waals surface area contributed by atoms with E-state index < -0.39 is 11.2 Å². The largest absolute Gasteiger partial charge is 0.497 e. The third kappa shape index (κ3) is 5.68. The van der Waals surface area contributed by atoms with Crippen LogP contribution in [0.1, 0.15) is 18.4 Å². The van der Waals surface area contributed by atoms with E-state index in [1.165, 1.54) is 0 Å². The Balaban J connectivity index is 1.51. The Kier molecular flexibility index (Phi) is 6.66. The number of aryl methyl sites for hydroxylation is 1. The van der Waals surface area contributed by atoms with E-state index in [1.54, 1.807) is 31.4 Å². The zero-order valence-electron chi connectivity index (χ0n) is 16.1. The fourth-order valence-electron chi connectivity index (χ4n) is 2.77. The lowest BCUT2D eigenvalue weighted by atomic mass is 10.2. The van der Waals surface area contributed by atoms with E-state index in [4.69, 9.17) is 4.74 Å². The van der Waals surface area contributed by atoms with Gasteiger partial charge in [-0.15, -0.1) is 0 Å². The summed E-state index contributed by atoms with van der Waals surface area (Å²) in [6, 6.07) is 14.4. The van der Waals surface area contributed by atoms with Crippen LogP contribution in [0.2, 0.25) is 0 Å². The van der Waals surface area contributed by atoms with Gasteiger partial charge in [-0.25, -0.2) is 4.99 Å². The van der Waals surface area contributed by atoms with Crippen LogP contribution in [0.5, 0.6) is 5.75 Å². The van der Waals surface area contributed by atoms with E-state index in [0.717, 1.165) is 23.0 Å². The second-order valence-corrected chi connectivity index (χ2v) is 7.75. The van der Waals surface area contributed by atoms with Gasteiger partial charge in [0.25, 0.3) is 5.91 Å². The van der Waals surface area contributed by atoms with Crippen LogP contribution in [0.3, 0.4) is 0 Å². The van der Waals surface area contributed by atoms with Gasteiger partial charge < -0.3 is 15.4 Å². The first-order valence-corrected chi connectivity index (χ1v) is 9.90. The standard InChI is InChI=1S/C21H21N3O4S/c1-13-6-3-4-9-16(13)23-19(26)12-20-24-21(27)17(29-20)11-18(25)22-14-7-5-8-15(10-14)28-2/h3-10,17H,11-12H2,1-2H3,(H,22,25)(H,23,26)/t17-/m1/s1. The van der Waals surface area contributed by atoms with Crippen molar-refractivity contribution in [2.75, 3.05) is 17.7 Å². The number of carbonyl (C=O) groups is 3. The third-order valence-corrected chi connectivity index (χ3v) is 5.40. The molecule has 7 nitrogen and oxygen atoms in total. The molecule has 0 fully saturated rings. The van der Waals surface area contributed by atoms with Crippen molar-refractivity contribution < 1.29 is 19.1 Å². The van der Waals surface area contributed by atoms with E-state index in [2.05, 4.69) is 15.6 Å². The molecule has 1 aliphatic heterocycles. The van der Waals surface area contributed by atoms with Gasteiger partial charge in [0.05, 0.1) is 18.6 Å². The normalized spacial score (nSPS) is 15.6. The van der Waals surface area contributed by atoms with Crippen LogP contribution in [0, 0.1) is 6.92 Å². The summed E-state index contributed by atoms with van der Waals surface area (Å²) in [4.78, 5) is 40.6. The lowest BCUT2D eigenvalue weighted by Crippen LogP contribution is -2.21. The molecule has 0 aromatic heterocycles. The number of hydrogen-bond acceptors (Lipinski definition) is 5. The van der Waals surface area contributed by atoms with E-state index >= 15 is 0 Å². The van der Waals surface area contributed by atoms with Crippen molar-refractivity contribution in [1.29, 1.82) is 0 Å². The highest BCUT2D eigenvalue weighted by molar-refractivity contribution is 8.15. The third-order valence-electron chi connectivity index (χ3n) is 4.24. The Morgan fingerprint density at radius 1 is 1.10 bits per heavy atom. The Bertz CT molecular complexity index is 974. The van der Waals surface area contributed by atoms with Crippen LogP contribution in [0.15, 0.2) is 53.5 Å². The number of thioether (sulfide) groups is 1. The number of ether oxygens (including phenoxy) is 1. The molecule has 8 heteroatoms. The summed E-state index contributed by atoms with van der Waals surface area (Å²) in [5, 5.41) is 5.35. The first-order valence-electron chi connectivity index (χ1n) is 9.02. The van der Waals surface area contributed by atoms with Gasteiger partial charge >= 0.3 is 0 Å². The van der Waals surface area contributed by atoms with Gasteiger partial charge in [0.2, 0.25) is 11.8 Å². The van der Waals surface area contributed by atoms with Crippen molar-refractivity contribution in [2.45, 2.75) is 25.0 Å². The predicted molar refractivity (Wildman–Crippen MR) is 114 cm³/mol. The quantitative estimate of drug-likeness (QED) is 0.728. The molecule has 2 aromatic carbocycles. The smallest absolute Gasteiger partial charge is 0.260 e. The molecule has 0 aliphatic carbocycles. The van der Waals surface area contributed by atoms with Crippen LogP contribution in [0.4, 0.5) is 11.4 Å². The van der Waals surface area contributed by atoms with E-state index in [0.29, 0.717) is 16.5 Å². The lowest BCUT2D eigenvalue weighted by molar-refractivity contribution is -0.121. The van der Waals surface area contributed by atoms with Crippen LogP contribution in [-0.2, 0) is 14.4 Å². The number of nitrogens with one attached hydrogen (secondary N) is 2.